The fourth-order valence-corrected chi connectivity index (χ4v) is 4.69. The molecule has 6 heteroatoms. The first-order valence-electron chi connectivity index (χ1n) is 10.3. The number of benzene rings is 1. The number of hydrogen-bond acceptors (Lipinski definition) is 3. The average molecular weight is 395 g/mol. The highest BCUT2D eigenvalue weighted by molar-refractivity contribution is 5.94. The number of fused-ring (bicyclic) bond motifs is 1. The molecule has 1 aromatic carbocycles. The number of amides is 2. The minimum Gasteiger partial charge on any atom is -0.349 e. The molecule has 0 aliphatic carbocycles. The maximum atomic E-state index is 14.0. The standard InChI is InChI=1S/C23H26FN3O2/c1-23-11-5-13-27(20(23)8-4-9-21(28)26-23)22(29)17-10-12-25-18(15-17)14-16-6-2-3-7-19(16)24/h2-3,6-7,10,12,15,20H,4-5,8-9,11,13-14H2,1H3,(H,26,28)/t20-,23-/m0/s1. The molecular weight excluding hydrogens is 369 g/mol. The van der Waals surface area contributed by atoms with Crippen LogP contribution in [-0.2, 0) is 11.2 Å². The number of nitrogens with one attached hydrogen (secondary N) is 1. The van der Waals surface area contributed by atoms with E-state index in [1.165, 1.54) is 6.07 Å². The molecule has 2 saturated heterocycles. The molecule has 2 aliphatic rings. The van der Waals surface area contributed by atoms with Gasteiger partial charge in [0.25, 0.3) is 5.91 Å². The first-order valence-corrected chi connectivity index (χ1v) is 10.3. The second-order valence-corrected chi connectivity index (χ2v) is 8.28. The summed E-state index contributed by atoms with van der Waals surface area (Å²) >= 11 is 0. The molecular formula is C23H26FN3O2. The van der Waals surface area contributed by atoms with E-state index in [0.717, 1.165) is 25.7 Å². The third kappa shape index (κ3) is 4.02. The van der Waals surface area contributed by atoms with Crippen molar-refractivity contribution in [3.8, 4) is 0 Å². The van der Waals surface area contributed by atoms with Gasteiger partial charge in [-0.25, -0.2) is 4.39 Å². The third-order valence-electron chi connectivity index (χ3n) is 6.17. The minimum atomic E-state index is -0.384. The number of carbonyl (C=O) groups excluding carboxylic acids is 2. The molecule has 5 nitrogen and oxygen atoms in total. The van der Waals surface area contributed by atoms with Crippen LogP contribution in [0.4, 0.5) is 4.39 Å². The van der Waals surface area contributed by atoms with Gasteiger partial charge in [-0.2, -0.15) is 0 Å². The Morgan fingerprint density at radius 1 is 1.31 bits per heavy atom. The van der Waals surface area contributed by atoms with Crippen molar-refractivity contribution in [1.82, 2.24) is 15.2 Å². The molecule has 0 spiro atoms. The molecule has 1 aromatic heterocycles. The summed E-state index contributed by atoms with van der Waals surface area (Å²) < 4.78 is 14.0. The Labute approximate surface area is 170 Å². The Morgan fingerprint density at radius 3 is 2.97 bits per heavy atom. The lowest BCUT2D eigenvalue weighted by molar-refractivity contribution is -0.123. The molecule has 2 amide bonds. The monoisotopic (exact) mass is 395 g/mol. The van der Waals surface area contributed by atoms with Crippen LogP contribution < -0.4 is 5.32 Å². The van der Waals surface area contributed by atoms with Crippen molar-refractivity contribution in [2.45, 2.75) is 57.0 Å². The normalized spacial score (nSPS) is 24.4. The largest absolute Gasteiger partial charge is 0.349 e. The van der Waals surface area contributed by atoms with Crippen LogP contribution in [0.5, 0.6) is 0 Å². The van der Waals surface area contributed by atoms with Gasteiger partial charge in [0, 0.05) is 36.8 Å². The predicted molar refractivity (Wildman–Crippen MR) is 108 cm³/mol. The van der Waals surface area contributed by atoms with Crippen LogP contribution in [0.15, 0.2) is 42.6 Å². The van der Waals surface area contributed by atoms with Crippen molar-refractivity contribution in [2.75, 3.05) is 6.54 Å². The Bertz CT molecular complexity index is 932. The molecule has 2 aliphatic heterocycles. The van der Waals surface area contributed by atoms with Crippen molar-refractivity contribution in [3.63, 3.8) is 0 Å². The molecule has 0 unspecified atom stereocenters. The lowest BCUT2D eigenvalue weighted by Gasteiger charge is -2.47. The molecule has 2 aromatic rings. The molecule has 1 N–H and O–H groups in total. The fourth-order valence-electron chi connectivity index (χ4n) is 4.69. The van der Waals surface area contributed by atoms with Gasteiger partial charge in [0.05, 0.1) is 11.6 Å². The van der Waals surface area contributed by atoms with Crippen molar-refractivity contribution < 1.29 is 14.0 Å². The first-order chi connectivity index (χ1) is 14.0. The van der Waals surface area contributed by atoms with E-state index in [2.05, 4.69) is 17.2 Å². The molecule has 2 atom stereocenters. The Morgan fingerprint density at radius 2 is 2.14 bits per heavy atom. The SMILES string of the molecule is C[C@]12CCCN(C(=O)c3ccnc(Cc4ccccc4F)c3)[C@H]1CCCC(=O)N2. The summed E-state index contributed by atoms with van der Waals surface area (Å²) in [5, 5.41) is 3.16. The van der Waals surface area contributed by atoms with Gasteiger partial charge >= 0.3 is 0 Å². The summed E-state index contributed by atoms with van der Waals surface area (Å²) in [5.41, 5.74) is 1.40. The van der Waals surface area contributed by atoms with E-state index < -0.39 is 0 Å². The van der Waals surface area contributed by atoms with Gasteiger partial charge in [0.2, 0.25) is 5.91 Å². The summed E-state index contributed by atoms with van der Waals surface area (Å²) in [7, 11) is 0. The van der Waals surface area contributed by atoms with Crippen molar-refractivity contribution in [3.05, 3.63) is 65.2 Å². The Kier molecular flexibility index (Phi) is 5.35. The summed E-state index contributed by atoms with van der Waals surface area (Å²) in [6.45, 7) is 2.73. The van der Waals surface area contributed by atoms with Gasteiger partial charge in [0.1, 0.15) is 5.82 Å². The molecule has 0 bridgehead atoms. The van der Waals surface area contributed by atoms with Crippen LogP contribution in [0.3, 0.4) is 0 Å². The van der Waals surface area contributed by atoms with Crippen LogP contribution in [-0.4, -0.2) is 39.8 Å². The minimum absolute atomic E-state index is 0.0154. The maximum absolute atomic E-state index is 14.0. The number of likely N-dealkylation sites (tertiary alicyclic amines) is 1. The molecule has 152 valence electrons. The van der Waals surface area contributed by atoms with E-state index in [1.807, 2.05) is 4.90 Å². The molecule has 4 rings (SSSR count). The molecule has 3 heterocycles. The summed E-state index contributed by atoms with van der Waals surface area (Å²) in [6.07, 6.45) is 5.79. The van der Waals surface area contributed by atoms with E-state index in [-0.39, 0.29) is 29.2 Å². The van der Waals surface area contributed by atoms with Crippen LogP contribution in [0.2, 0.25) is 0 Å². The van der Waals surface area contributed by atoms with Crippen molar-refractivity contribution in [2.24, 2.45) is 0 Å². The quantitative estimate of drug-likeness (QED) is 0.866. The second kappa shape index (κ2) is 7.93. The van der Waals surface area contributed by atoms with Crippen molar-refractivity contribution >= 4 is 11.8 Å². The number of carbonyl (C=O) groups is 2. The Balaban J connectivity index is 1.57. The predicted octanol–water partition coefficient (Wildman–Crippen LogP) is 3.47. The number of nitrogens with zero attached hydrogens (tertiary/aromatic N) is 2. The van der Waals surface area contributed by atoms with E-state index in [9.17, 15) is 14.0 Å². The lowest BCUT2D eigenvalue weighted by atomic mass is 9.80. The molecule has 0 saturated carbocycles. The van der Waals surface area contributed by atoms with Crippen LogP contribution in [0.1, 0.15) is 60.6 Å². The fraction of sp³-hybridized carbons (Fsp3) is 0.435. The maximum Gasteiger partial charge on any atom is 0.254 e. The van der Waals surface area contributed by atoms with Crippen LogP contribution in [0, 0.1) is 5.82 Å². The molecule has 0 radical (unpaired) electrons. The smallest absolute Gasteiger partial charge is 0.254 e. The summed E-state index contributed by atoms with van der Waals surface area (Å²) in [6, 6.07) is 10.1. The van der Waals surface area contributed by atoms with E-state index in [0.29, 0.717) is 36.2 Å². The summed E-state index contributed by atoms with van der Waals surface area (Å²) in [5.74, 6) is -0.248. The van der Waals surface area contributed by atoms with E-state index in [4.69, 9.17) is 0 Å². The topological polar surface area (TPSA) is 62.3 Å². The zero-order chi connectivity index (χ0) is 20.4. The van der Waals surface area contributed by atoms with Crippen molar-refractivity contribution in [1.29, 1.82) is 0 Å². The van der Waals surface area contributed by atoms with Gasteiger partial charge in [-0.05, 0) is 56.4 Å². The number of hydrogen-bond donors (Lipinski definition) is 1. The van der Waals surface area contributed by atoms with Crippen LogP contribution in [0.25, 0.3) is 0 Å². The highest BCUT2D eigenvalue weighted by atomic mass is 19.1. The first kappa shape index (κ1) is 19.6. The third-order valence-corrected chi connectivity index (χ3v) is 6.17. The van der Waals surface area contributed by atoms with Gasteiger partial charge < -0.3 is 10.2 Å². The van der Waals surface area contributed by atoms with Gasteiger partial charge in [0.15, 0.2) is 0 Å². The number of rotatable bonds is 3. The molecule has 29 heavy (non-hydrogen) atoms. The number of halogens is 1. The highest BCUT2D eigenvalue weighted by Crippen LogP contribution is 2.34. The average Bonchev–Trinajstić information content (AvgIpc) is 2.86. The van der Waals surface area contributed by atoms with Gasteiger partial charge in [-0.15, -0.1) is 0 Å². The van der Waals surface area contributed by atoms with Gasteiger partial charge in [-0.3, -0.25) is 14.6 Å². The summed E-state index contributed by atoms with van der Waals surface area (Å²) in [4.78, 5) is 31.7. The highest BCUT2D eigenvalue weighted by Gasteiger charge is 2.45. The number of pyridine rings is 1. The Hall–Kier alpha value is -2.76. The number of piperidine rings is 1. The van der Waals surface area contributed by atoms with Crippen LogP contribution >= 0.6 is 0 Å². The second-order valence-electron chi connectivity index (χ2n) is 8.28. The number of aromatic nitrogens is 1. The zero-order valence-electron chi connectivity index (χ0n) is 16.7. The lowest BCUT2D eigenvalue weighted by Crippen LogP contribution is -2.63. The zero-order valence-corrected chi connectivity index (χ0v) is 16.7. The molecule has 2 fully saturated rings. The van der Waals surface area contributed by atoms with Gasteiger partial charge in [-0.1, -0.05) is 18.2 Å². The van der Waals surface area contributed by atoms with E-state index >= 15 is 0 Å². The van der Waals surface area contributed by atoms with E-state index in [1.54, 1.807) is 36.5 Å².